The van der Waals surface area contributed by atoms with E-state index in [1.165, 1.54) is 0 Å². The van der Waals surface area contributed by atoms with E-state index in [2.05, 4.69) is 9.98 Å². The van der Waals surface area contributed by atoms with Crippen LogP contribution in [0.15, 0.2) is 59.9 Å². The first-order valence-corrected chi connectivity index (χ1v) is 5.37. The van der Waals surface area contributed by atoms with Crippen molar-refractivity contribution in [1.29, 1.82) is 0 Å². The van der Waals surface area contributed by atoms with E-state index in [-0.39, 0.29) is 5.78 Å². The SMILES string of the molecule is O=C(CC=Nc1ccccc1)c1cccnc1. The topological polar surface area (TPSA) is 42.3 Å². The van der Waals surface area contributed by atoms with E-state index in [9.17, 15) is 4.79 Å². The molecule has 0 aliphatic heterocycles. The molecule has 0 saturated carbocycles. The molecule has 0 saturated heterocycles. The molecule has 0 aliphatic rings. The van der Waals surface area contributed by atoms with Crippen molar-refractivity contribution in [2.75, 3.05) is 0 Å². The van der Waals surface area contributed by atoms with Crippen molar-refractivity contribution in [2.24, 2.45) is 4.99 Å². The van der Waals surface area contributed by atoms with Gasteiger partial charge in [-0.25, -0.2) is 0 Å². The number of pyridine rings is 1. The maximum atomic E-state index is 11.7. The molecule has 0 N–H and O–H groups in total. The van der Waals surface area contributed by atoms with Gasteiger partial charge in [-0.1, -0.05) is 18.2 Å². The molecule has 0 unspecified atom stereocenters. The van der Waals surface area contributed by atoms with Gasteiger partial charge in [-0.3, -0.25) is 14.8 Å². The molecular formula is C14H12N2O. The highest BCUT2D eigenvalue weighted by molar-refractivity contribution is 6.03. The number of Topliss-reactive ketones (excluding diaryl/α,β-unsaturated/α-hetero) is 1. The first kappa shape index (κ1) is 11.2. The quantitative estimate of drug-likeness (QED) is 0.591. The van der Waals surface area contributed by atoms with Gasteiger partial charge in [0.2, 0.25) is 0 Å². The van der Waals surface area contributed by atoms with Crippen molar-refractivity contribution < 1.29 is 4.79 Å². The number of aromatic nitrogens is 1. The van der Waals surface area contributed by atoms with Gasteiger partial charge in [0, 0.05) is 30.6 Å². The number of nitrogens with zero attached hydrogens (tertiary/aromatic N) is 2. The first-order chi connectivity index (χ1) is 8.36. The molecule has 1 heterocycles. The molecule has 0 radical (unpaired) electrons. The van der Waals surface area contributed by atoms with Crippen LogP contribution in [0.2, 0.25) is 0 Å². The normalized spacial score (nSPS) is 10.6. The van der Waals surface area contributed by atoms with Crippen LogP contribution in [0, 0.1) is 0 Å². The summed E-state index contributed by atoms with van der Waals surface area (Å²) in [5.74, 6) is 0.0257. The molecule has 0 fully saturated rings. The van der Waals surface area contributed by atoms with Crippen LogP contribution in [0.4, 0.5) is 5.69 Å². The van der Waals surface area contributed by atoms with Crippen molar-refractivity contribution in [1.82, 2.24) is 4.98 Å². The Balaban J connectivity index is 1.95. The number of carbonyl (C=O) groups is 1. The maximum Gasteiger partial charge on any atom is 0.169 e. The zero-order valence-corrected chi connectivity index (χ0v) is 9.28. The third-order valence-electron chi connectivity index (χ3n) is 2.26. The van der Waals surface area contributed by atoms with Gasteiger partial charge in [-0.2, -0.15) is 0 Å². The second kappa shape index (κ2) is 5.70. The monoisotopic (exact) mass is 224 g/mol. The molecule has 3 nitrogen and oxygen atoms in total. The molecule has 0 spiro atoms. The fourth-order valence-corrected chi connectivity index (χ4v) is 1.39. The van der Waals surface area contributed by atoms with Gasteiger partial charge in [-0.15, -0.1) is 0 Å². The largest absolute Gasteiger partial charge is 0.294 e. The third-order valence-corrected chi connectivity index (χ3v) is 2.26. The number of ketones is 1. The minimum Gasteiger partial charge on any atom is -0.294 e. The van der Waals surface area contributed by atoms with Gasteiger partial charge in [0.25, 0.3) is 0 Å². The van der Waals surface area contributed by atoms with Crippen LogP contribution in [0.3, 0.4) is 0 Å². The van der Waals surface area contributed by atoms with Crippen LogP contribution in [0.25, 0.3) is 0 Å². The van der Waals surface area contributed by atoms with Crippen molar-refractivity contribution >= 4 is 17.7 Å². The maximum absolute atomic E-state index is 11.7. The van der Waals surface area contributed by atoms with Gasteiger partial charge in [0.1, 0.15) is 0 Å². The molecular weight excluding hydrogens is 212 g/mol. The Hall–Kier alpha value is -2.29. The smallest absolute Gasteiger partial charge is 0.169 e. The summed E-state index contributed by atoms with van der Waals surface area (Å²) >= 11 is 0. The van der Waals surface area contributed by atoms with Crippen LogP contribution < -0.4 is 0 Å². The Labute approximate surface area is 99.9 Å². The second-order valence-corrected chi connectivity index (χ2v) is 3.52. The van der Waals surface area contributed by atoms with E-state index in [4.69, 9.17) is 0 Å². The minimum atomic E-state index is 0.0257. The van der Waals surface area contributed by atoms with Gasteiger partial charge in [-0.05, 0) is 24.3 Å². The van der Waals surface area contributed by atoms with Crippen LogP contribution in [0.5, 0.6) is 0 Å². The predicted octanol–water partition coefficient (Wildman–Crippen LogP) is 3.06. The molecule has 3 heteroatoms. The summed E-state index contributed by atoms with van der Waals surface area (Å²) in [6.07, 6.45) is 5.14. The van der Waals surface area contributed by atoms with Crippen LogP contribution in [-0.4, -0.2) is 17.0 Å². The number of carbonyl (C=O) groups excluding carboxylic acids is 1. The molecule has 17 heavy (non-hydrogen) atoms. The lowest BCUT2D eigenvalue weighted by Gasteiger charge is -1.95. The average Bonchev–Trinajstić information content (AvgIpc) is 2.41. The van der Waals surface area contributed by atoms with Gasteiger partial charge >= 0.3 is 0 Å². The van der Waals surface area contributed by atoms with Gasteiger partial charge in [0.15, 0.2) is 5.78 Å². The third kappa shape index (κ3) is 3.34. The van der Waals surface area contributed by atoms with E-state index < -0.39 is 0 Å². The van der Waals surface area contributed by atoms with E-state index in [0.717, 1.165) is 5.69 Å². The average molecular weight is 224 g/mol. The summed E-state index contributed by atoms with van der Waals surface area (Å²) in [6.45, 7) is 0. The van der Waals surface area contributed by atoms with Gasteiger partial charge in [0.05, 0.1) is 5.69 Å². The summed E-state index contributed by atoms with van der Waals surface area (Å²) < 4.78 is 0. The van der Waals surface area contributed by atoms with Crippen molar-refractivity contribution in [3.8, 4) is 0 Å². The number of aliphatic imine (C=N–C) groups is 1. The fourth-order valence-electron chi connectivity index (χ4n) is 1.39. The molecule has 0 amide bonds. The Kier molecular flexibility index (Phi) is 3.76. The molecule has 0 atom stereocenters. The summed E-state index contributed by atoms with van der Waals surface area (Å²) in [6, 6.07) is 13.0. The van der Waals surface area contributed by atoms with E-state index in [1.54, 1.807) is 30.7 Å². The predicted molar refractivity (Wildman–Crippen MR) is 67.8 cm³/mol. The number of benzene rings is 1. The lowest BCUT2D eigenvalue weighted by molar-refractivity contribution is 0.100. The summed E-state index contributed by atoms with van der Waals surface area (Å²) in [7, 11) is 0. The first-order valence-electron chi connectivity index (χ1n) is 5.37. The standard InChI is InChI=1S/C14H12N2O/c17-14(12-5-4-9-15-11-12)8-10-16-13-6-2-1-3-7-13/h1-7,9-11H,8H2. The zero-order chi connectivity index (χ0) is 11.9. The molecule has 84 valence electrons. The fraction of sp³-hybridized carbons (Fsp3) is 0.0714. The van der Waals surface area contributed by atoms with Gasteiger partial charge < -0.3 is 0 Å². The number of rotatable bonds is 4. The highest BCUT2D eigenvalue weighted by Gasteiger charge is 2.02. The van der Waals surface area contributed by atoms with Crippen molar-refractivity contribution in [2.45, 2.75) is 6.42 Å². The molecule has 1 aromatic carbocycles. The second-order valence-electron chi connectivity index (χ2n) is 3.52. The Morgan fingerprint density at radius 2 is 2.00 bits per heavy atom. The molecule has 1 aromatic heterocycles. The highest BCUT2D eigenvalue weighted by Crippen LogP contribution is 2.09. The highest BCUT2D eigenvalue weighted by atomic mass is 16.1. The van der Waals surface area contributed by atoms with E-state index in [1.807, 2.05) is 30.3 Å². The number of hydrogen-bond acceptors (Lipinski definition) is 3. The lowest BCUT2D eigenvalue weighted by atomic mass is 10.1. The molecule has 0 aliphatic carbocycles. The Bertz CT molecular complexity index is 506. The number of para-hydroxylation sites is 1. The Morgan fingerprint density at radius 1 is 1.18 bits per heavy atom. The minimum absolute atomic E-state index is 0.0257. The van der Waals surface area contributed by atoms with E-state index in [0.29, 0.717) is 12.0 Å². The van der Waals surface area contributed by atoms with E-state index >= 15 is 0 Å². The van der Waals surface area contributed by atoms with Crippen LogP contribution >= 0.6 is 0 Å². The number of hydrogen-bond donors (Lipinski definition) is 0. The van der Waals surface area contributed by atoms with Crippen LogP contribution in [-0.2, 0) is 0 Å². The van der Waals surface area contributed by atoms with Crippen molar-refractivity contribution in [3.05, 3.63) is 60.4 Å². The zero-order valence-electron chi connectivity index (χ0n) is 9.28. The summed E-state index contributed by atoms with van der Waals surface area (Å²) in [4.78, 5) is 19.8. The molecule has 0 bridgehead atoms. The summed E-state index contributed by atoms with van der Waals surface area (Å²) in [5.41, 5.74) is 1.47. The molecule has 2 rings (SSSR count). The summed E-state index contributed by atoms with van der Waals surface area (Å²) in [5, 5.41) is 0. The van der Waals surface area contributed by atoms with Crippen LogP contribution in [0.1, 0.15) is 16.8 Å². The molecule has 2 aromatic rings. The lowest BCUT2D eigenvalue weighted by Crippen LogP contribution is -1.99. The van der Waals surface area contributed by atoms with Crippen molar-refractivity contribution in [3.63, 3.8) is 0 Å². The Morgan fingerprint density at radius 3 is 2.71 bits per heavy atom.